The van der Waals surface area contributed by atoms with Crippen LogP contribution in [0.5, 0.6) is 0 Å². The van der Waals surface area contributed by atoms with Gasteiger partial charge in [-0.15, -0.1) is 0 Å². The third-order valence-corrected chi connectivity index (χ3v) is 8.12. The predicted octanol–water partition coefficient (Wildman–Crippen LogP) is 10.1. The second-order valence-electron chi connectivity index (χ2n) is 10.1. The fourth-order valence-electron chi connectivity index (χ4n) is 6.53. The van der Waals surface area contributed by atoms with E-state index in [2.05, 4.69) is 132 Å². The summed E-state index contributed by atoms with van der Waals surface area (Å²) < 4.78 is 8.83. The average molecular weight is 484 g/mol. The van der Waals surface area contributed by atoms with Crippen LogP contribution in [0.15, 0.2) is 132 Å². The molecule has 7 aromatic carbocycles. The third kappa shape index (κ3) is 2.56. The summed E-state index contributed by atoms with van der Waals surface area (Å²) in [5, 5.41) is 10.0. The van der Waals surface area contributed by atoms with E-state index < -0.39 is 0 Å². The molecule has 0 saturated carbocycles. The molecule has 0 spiro atoms. The Kier molecular flexibility index (Phi) is 3.82. The van der Waals surface area contributed by atoms with Crippen molar-refractivity contribution < 1.29 is 4.42 Å². The Labute approximate surface area is 218 Å². The lowest BCUT2D eigenvalue weighted by Crippen LogP contribution is -1.94. The van der Waals surface area contributed by atoms with Crippen LogP contribution in [0.3, 0.4) is 0 Å². The number of furan rings is 1. The first-order valence-corrected chi connectivity index (χ1v) is 13.0. The molecule has 0 aliphatic heterocycles. The van der Waals surface area contributed by atoms with E-state index in [0.717, 1.165) is 22.4 Å². The van der Waals surface area contributed by atoms with Crippen molar-refractivity contribution in [3.8, 4) is 16.8 Å². The van der Waals surface area contributed by atoms with E-state index in [1.165, 1.54) is 59.7 Å². The summed E-state index contributed by atoms with van der Waals surface area (Å²) >= 11 is 0. The Morgan fingerprint density at radius 1 is 0.395 bits per heavy atom. The number of nitrogens with zero attached hydrogens (tertiary/aromatic N) is 1. The lowest BCUT2D eigenvalue weighted by atomic mass is 9.92. The van der Waals surface area contributed by atoms with Gasteiger partial charge in [0.05, 0.1) is 11.0 Å². The minimum absolute atomic E-state index is 0.941. The number of hydrogen-bond acceptors (Lipinski definition) is 1. The lowest BCUT2D eigenvalue weighted by Gasteiger charge is -2.12. The van der Waals surface area contributed by atoms with E-state index in [0.29, 0.717) is 0 Å². The minimum Gasteiger partial charge on any atom is -0.456 e. The van der Waals surface area contributed by atoms with E-state index >= 15 is 0 Å². The topological polar surface area (TPSA) is 18.1 Å². The third-order valence-electron chi connectivity index (χ3n) is 8.12. The van der Waals surface area contributed by atoms with Gasteiger partial charge in [0.1, 0.15) is 11.2 Å². The van der Waals surface area contributed by atoms with Gasteiger partial charge >= 0.3 is 0 Å². The second-order valence-corrected chi connectivity index (χ2v) is 10.1. The number of aromatic nitrogens is 1. The molecular weight excluding hydrogens is 462 g/mol. The molecule has 0 amide bonds. The van der Waals surface area contributed by atoms with Crippen molar-refractivity contribution in [2.75, 3.05) is 0 Å². The molecule has 176 valence electrons. The van der Waals surface area contributed by atoms with Gasteiger partial charge in [0.15, 0.2) is 0 Å². The van der Waals surface area contributed by atoms with Gasteiger partial charge in [-0.3, -0.25) is 0 Å². The maximum Gasteiger partial charge on any atom is 0.136 e. The molecule has 0 saturated heterocycles. The molecule has 0 aliphatic carbocycles. The highest BCUT2D eigenvalue weighted by atomic mass is 16.3. The lowest BCUT2D eigenvalue weighted by molar-refractivity contribution is 0.669. The van der Waals surface area contributed by atoms with Gasteiger partial charge < -0.3 is 8.98 Å². The van der Waals surface area contributed by atoms with Gasteiger partial charge in [-0.25, -0.2) is 0 Å². The maximum atomic E-state index is 6.46. The molecule has 0 aliphatic rings. The van der Waals surface area contributed by atoms with E-state index in [4.69, 9.17) is 4.42 Å². The highest BCUT2D eigenvalue weighted by Crippen LogP contribution is 2.44. The van der Waals surface area contributed by atoms with Gasteiger partial charge in [0.2, 0.25) is 0 Å². The van der Waals surface area contributed by atoms with Crippen LogP contribution in [-0.4, -0.2) is 4.57 Å². The van der Waals surface area contributed by atoms with E-state index in [1.54, 1.807) is 0 Å². The fourth-order valence-corrected chi connectivity index (χ4v) is 6.53. The summed E-state index contributed by atoms with van der Waals surface area (Å²) in [6.07, 6.45) is 0. The molecule has 0 N–H and O–H groups in total. The van der Waals surface area contributed by atoms with Crippen molar-refractivity contribution in [3.05, 3.63) is 127 Å². The summed E-state index contributed by atoms with van der Waals surface area (Å²) in [5.74, 6) is 0. The van der Waals surface area contributed by atoms with Gasteiger partial charge in [-0.05, 0) is 75.1 Å². The summed E-state index contributed by atoms with van der Waals surface area (Å²) in [7, 11) is 0. The Morgan fingerprint density at radius 3 is 1.76 bits per heavy atom. The fraction of sp³-hybridized carbons (Fsp3) is 0. The molecule has 0 unspecified atom stereocenters. The zero-order chi connectivity index (χ0) is 24.8. The smallest absolute Gasteiger partial charge is 0.136 e. The number of rotatable bonds is 2. The Bertz CT molecular complexity index is 2300. The van der Waals surface area contributed by atoms with Crippen LogP contribution in [-0.2, 0) is 0 Å². The van der Waals surface area contributed by atoms with Crippen LogP contribution < -0.4 is 0 Å². The van der Waals surface area contributed by atoms with Gasteiger partial charge in [-0.2, -0.15) is 0 Å². The van der Waals surface area contributed by atoms with Crippen molar-refractivity contribution in [2.24, 2.45) is 0 Å². The first-order chi connectivity index (χ1) is 18.8. The predicted molar refractivity (Wildman–Crippen MR) is 160 cm³/mol. The summed E-state index contributed by atoms with van der Waals surface area (Å²) in [4.78, 5) is 0. The van der Waals surface area contributed by atoms with E-state index in [9.17, 15) is 0 Å². The monoisotopic (exact) mass is 483 g/mol. The van der Waals surface area contributed by atoms with E-state index in [-0.39, 0.29) is 0 Å². The van der Waals surface area contributed by atoms with Crippen molar-refractivity contribution in [3.63, 3.8) is 0 Å². The molecule has 2 aromatic heterocycles. The van der Waals surface area contributed by atoms with Crippen LogP contribution in [0.2, 0.25) is 0 Å². The van der Waals surface area contributed by atoms with Crippen LogP contribution in [0.25, 0.3) is 82.1 Å². The molecule has 0 bridgehead atoms. The number of benzene rings is 7. The highest BCUT2D eigenvalue weighted by Gasteiger charge is 2.18. The highest BCUT2D eigenvalue weighted by molar-refractivity contribution is 6.33. The number of hydrogen-bond donors (Lipinski definition) is 0. The summed E-state index contributed by atoms with van der Waals surface area (Å²) in [6.45, 7) is 0. The Hall–Kier alpha value is -5.08. The van der Waals surface area contributed by atoms with Gasteiger partial charge in [0.25, 0.3) is 0 Å². The van der Waals surface area contributed by atoms with Gasteiger partial charge in [-0.1, -0.05) is 84.9 Å². The molecule has 0 radical (unpaired) electrons. The molecule has 2 heteroatoms. The zero-order valence-electron chi connectivity index (χ0n) is 20.5. The molecule has 2 heterocycles. The number of fused-ring (bicyclic) bond motifs is 6. The molecular formula is C36H21NO. The summed E-state index contributed by atoms with van der Waals surface area (Å²) in [5.41, 5.74) is 7.81. The minimum atomic E-state index is 0.941. The van der Waals surface area contributed by atoms with Crippen molar-refractivity contribution in [1.82, 2.24) is 4.57 Å². The Balaban J connectivity index is 1.34. The quantitative estimate of drug-likeness (QED) is 0.224. The molecule has 0 atom stereocenters. The second kappa shape index (κ2) is 7.24. The molecule has 9 aromatic rings. The zero-order valence-corrected chi connectivity index (χ0v) is 20.5. The largest absolute Gasteiger partial charge is 0.456 e. The van der Waals surface area contributed by atoms with Crippen LogP contribution in [0.4, 0.5) is 0 Å². The first-order valence-electron chi connectivity index (χ1n) is 13.0. The van der Waals surface area contributed by atoms with Crippen LogP contribution in [0.1, 0.15) is 0 Å². The van der Waals surface area contributed by atoms with Crippen molar-refractivity contribution in [2.45, 2.75) is 0 Å². The SMILES string of the molecule is c1cc(-c2cc3oc4cccc5c6ccccc6c(c2)c3c45)cc(-n2c3ccccc3c3ccccc32)c1. The average Bonchev–Trinajstić information content (AvgIpc) is 3.53. The van der Waals surface area contributed by atoms with Crippen LogP contribution >= 0.6 is 0 Å². The molecule has 38 heavy (non-hydrogen) atoms. The van der Waals surface area contributed by atoms with Gasteiger partial charge in [0, 0.05) is 27.2 Å². The van der Waals surface area contributed by atoms with Crippen molar-refractivity contribution >= 4 is 65.3 Å². The molecule has 9 rings (SSSR count). The molecule has 2 nitrogen and oxygen atoms in total. The number of para-hydroxylation sites is 2. The maximum absolute atomic E-state index is 6.46. The van der Waals surface area contributed by atoms with Crippen molar-refractivity contribution in [1.29, 1.82) is 0 Å². The summed E-state index contributed by atoms with van der Waals surface area (Å²) in [6, 6.07) is 45.8. The van der Waals surface area contributed by atoms with E-state index in [1.807, 2.05) is 0 Å². The first kappa shape index (κ1) is 20.0. The standard InChI is InChI=1S/C36H21NO/c1-2-12-26-25(11-1)29-15-8-18-33-35(29)36-30(26)20-23(21-34(36)38-33)22-9-7-10-24(19-22)37-31-16-5-3-13-27(31)28-14-4-6-17-32(28)37/h1-21H. The molecule has 0 fully saturated rings. The normalized spacial score (nSPS) is 12.2. The Morgan fingerprint density at radius 2 is 1.00 bits per heavy atom. The van der Waals surface area contributed by atoms with Crippen LogP contribution in [0, 0.1) is 0 Å².